The molecule has 0 bridgehead atoms. The molecule has 1 atom stereocenters. The second-order valence-corrected chi connectivity index (χ2v) is 8.41. The molecule has 6 rings (SSSR count). The van der Waals surface area contributed by atoms with Crippen molar-refractivity contribution in [1.82, 2.24) is 0 Å². The van der Waals surface area contributed by atoms with E-state index < -0.39 is 5.60 Å². The number of nitrogens with one attached hydrogen (secondary N) is 1. The number of para-hydroxylation sites is 1. The van der Waals surface area contributed by atoms with Gasteiger partial charge in [0.05, 0.1) is 5.56 Å². The molecular weight excluding hydrogens is 768 g/mol. The predicted octanol–water partition coefficient (Wildman–Crippen LogP) is 5.85. The maximum Gasteiger partial charge on any atom is 0.340 e. The number of hydrogen-bond donors (Lipinski definition) is 1. The van der Waals surface area contributed by atoms with Gasteiger partial charge in [0.1, 0.15) is 5.75 Å². The molecule has 4 aromatic rings. The summed E-state index contributed by atoms with van der Waals surface area (Å²) in [5, 5.41) is 3.39. The molecule has 0 aromatic heterocycles. The van der Waals surface area contributed by atoms with E-state index in [1.165, 1.54) is 0 Å². The Morgan fingerprint density at radius 2 is 1.49 bits per heavy atom. The first-order valence-electron chi connectivity index (χ1n) is 10.8. The molecule has 2 heterocycles. The van der Waals surface area contributed by atoms with E-state index in [0.29, 0.717) is 17.1 Å². The monoisotopic (exact) mass is 789 g/mol. The second kappa shape index (κ2) is 13.7. The summed E-state index contributed by atoms with van der Waals surface area (Å²) in [5.74, 6) is 0.934. The van der Waals surface area contributed by atoms with Crippen LogP contribution in [0.2, 0.25) is 0 Å². The topological polar surface area (TPSA) is 50.8 Å². The third-order valence-corrected chi connectivity index (χ3v) is 6.20. The van der Waals surface area contributed by atoms with Crippen LogP contribution in [0, 0.1) is 6.07 Å². The van der Waals surface area contributed by atoms with Gasteiger partial charge in [0, 0.05) is 179 Å². The van der Waals surface area contributed by atoms with Crippen LogP contribution in [0.1, 0.15) is 27.0 Å². The Morgan fingerprint density at radius 1 is 0.784 bits per heavy atom. The summed E-state index contributed by atoms with van der Waals surface area (Å²) in [6, 6.07) is 30.5. The van der Waals surface area contributed by atoms with Gasteiger partial charge in [0.2, 0.25) is 0 Å². The number of fused-ring (bicyclic) bond motifs is 6. The zero-order valence-electron chi connectivity index (χ0n) is 20.6. The number of carbonyl (C=O) groups excluding carboxylic acids is 1. The average molecular weight is 789 g/mol. The second-order valence-electron chi connectivity index (χ2n) is 8.41. The summed E-state index contributed by atoms with van der Waals surface area (Å²) in [5.41, 5.74) is 4.56. The number of carbonyl (C=O) groups is 1. The molecular formula is C28H21N2O3Y4-. The Labute approximate surface area is 317 Å². The largest absolute Gasteiger partial charge is 0.516 e. The standard InChI is InChI=1S/C28H21N2O3.4Y/c1-30(2)20-13-14-23-26(17-20)32-25-15-12-19(29-18-8-4-3-5-9-18)16-24(25)28(23)22-11-7-6-10-21(22)27(31)33-28;;;;/h3-11,13-17,29H,1-2H3;;;;/q-1;;;;. The molecule has 0 fully saturated rings. The van der Waals surface area contributed by atoms with Crippen LogP contribution in [0.5, 0.6) is 11.5 Å². The predicted molar refractivity (Wildman–Crippen MR) is 128 cm³/mol. The van der Waals surface area contributed by atoms with E-state index in [1.807, 2.05) is 104 Å². The van der Waals surface area contributed by atoms with Gasteiger partial charge in [-0.05, 0) is 30.3 Å². The van der Waals surface area contributed by atoms with Crippen LogP contribution in [0.25, 0.3) is 0 Å². The van der Waals surface area contributed by atoms with Gasteiger partial charge in [-0.2, -0.15) is 6.07 Å². The van der Waals surface area contributed by atoms with Crippen molar-refractivity contribution in [2.45, 2.75) is 5.60 Å². The summed E-state index contributed by atoms with van der Waals surface area (Å²) in [4.78, 5) is 15.0. The Hall–Kier alpha value is 0.166. The number of hydrogen-bond acceptors (Lipinski definition) is 5. The minimum atomic E-state index is -1.09. The van der Waals surface area contributed by atoms with Crippen LogP contribution in [0.4, 0.5) is 17.1 Å². The number of ether oxygens (including phenoxy) is 2. The van der Waals surface area contributed by atoms with Gasteiger partial charge in [-0.25, -0.2) is 4.79 Å². The zero-order valence-corrected chi connectivity index (χ0v) is 31.9. The van der Waals surface area contributed by atoms with Crippen molar-refractivity contribution in [2.24, 2.45) is 0 Å². The van der Waals surface area contributed by atoms with Crippen molar-refractivity contribution < 1.29 is 145 Å². The van der Waals surface area contributed by atoms with Gasteiger partial charge in [-0.1, -0.05) is 47.6 Å². The quantitative estimate of drug-likeness (QED) is 0.209. The minimum absolute atomic E-state index is 0. The molecule has 1 spiro atoms. The Morgan fingerprint density at radius 3 is 2.22 bits per heavy atom. The first-order chi connectivity index (χ1) is 16.1. The van der Waals surface area contributed by atoms with E-state index in [9.17, 15) is 4.79 Å². The van der Waals surface area contributed by atoms with Gasteiger partial charge in [-0.3, -0.25) is 0 Å². The molecule has 0 saturated heterocycles. The summed E-state index contributed by atoms with van der Waals surface area (Å²) in [7, 11) is 3.96. The van der Waals surface area contributed by atoms with Crippen LogP contribution < -0.4 is 15.0 Å². The molecule has 2 aliphatic heterocycles. The van der Waals surface area contributed by atoms with Crippen molar-refractivity contribution >= 4 is 23.0 Å². The molecule has 1 N–H and O–H groups in total. The van der Waals surface area contributed by atoms with Crippen LogP contribution in [0.15, 0.2) is 84.9 Å². The van der Waals surface area contributed by atoms with Crippen molar-refractivity contribution in [2.75, 3.05) is 24.3 Å². The Bertz CT molecular complexity index is 1420. The fraction of sp³-hybridized carbons (Fsp3) is 0.107. The normalized spacial score (nSPS) is 15.6. The number of anilines is 3. The first kappa shape index (κ1) is 33.4. The van der Waals surface area contributed by atoms with E-state index in [1.54, 1.807) is 0 Å². The summed E-state index contributed by atoms with van der Waals surface area (Å²) >= 11 is 0. The molecule has 174 valence electrons. The average Bonchev–Trinajstić information content (AvgIpc) is 3.13. The maximum absolute atomic E-state index is 13.0. The fourth-order valence-electron chi connectivity index (χ4n) is 4.63. The number of nitrogens with zero attached hydrogens (tertiary/aromatic N) is 1. The van der Waals surface area contributed by atoms with Crippen molar-refractivity contribution in [3.8, 4) is 11.5 Å². The SMILES string of the molecule is CN(C)c1ccc2c(c1)Oc1c[c-]c(Nc3ccccc3)cc1C21OC(=O)c2ccccc21.[Y].[Y].[Y].[Y]. The fourth-order valence-corrected chi connectivity index (χ4v) is 4.63. The van der Waals surface area contributed by atoms with Gasteiger partial charge < -0.3 is 19.7 Å². The molecule has 9 heteroatoms. The van der Waals surface area contributed by atoms with Crippen molar-refractivity contribution in [3.05, 3.63) is 113 Å². The molecule has 2 aliphatic rings. The first-order valence-corrected chi connectivity index (χ1v) is 10.8. The summed E-state index contributed by atoms with van der Waals surface area (Å²) < 4.78 is 12.6. The van der Waals surface area contributed by atoms with E-state index in [2.05, 4.69) is 11.4 Å². The van der Waals surface area contributed by atoms with Crippen molar-refractivity contribution in [1.29, 1.82) is 0 Å². The van der Waals surface area contributed by atoms with E-state index in [0.717, 1.165) is 33.8 Å². The molecule has 0 aliphatic carbocycles. The molecule has 0 saturated carbocycles. The van der Waals surface area contributed by atoms with E-state index >= 15 is 0 Å². The van der Waals surface area contributed by atoms with Crippen LogP contribution in [0.3, 0.4) is 0 Å². The van der Waals surface area contributed by atoms with Gasteiger partial charge in [-0.15, -0.1) is 12.1 Å². The molecule has 1 unspecified atom stereocenters. The number of rotatable bonds is 3. The number of esters is 1. The molecule has 4 aromatic carbocycles. The molecule has 0 amide bonds. The van der Waals surface area contributed by atoms with Gasteiger partial charge in [0.15, 0.2) is 5.60 Å². The zero-order chi connectivity index (χ0) is 22.6. The Balaban J connectivity index is 0.00000120. The minimum Gasteiger partial charge on any atom is -0.516 e. The third-order valence-electron chi connectivity index (χ3n) is 6.20. The van der Waals surface area contributed by atoms with Gasteiger partial charge in [0.25, 0.3) is 0 Å². The van der Waals surface area contributed by atoms with Crippen LogP contribution >= 0.6 is 0 Å². The third kappa shape index (κ3) is 5.96. The van der Waals surface area contributed by atoms with Crippen molar-refractivity contribution in [3.63, 3.8) is 0 Å². The molecule has 5 nitrogen and oxygen atoms in total. The Kier molecular flexibility index (Phi) is 12.3. The molecule has 37 heavy (non-hydrogen) atoms. The molecule has 4 radical (unpaired) electrons. The van der Waals surface area contributed by atoms with Crippen LogP contribution in [-0.4, -0.2) is 20.1 Å². The maximum atomic E-state index is 13.0. The number of benzene rings is 4. The van der Waals surface area contributed by atoms with E-state index in [4.69, 9.17) is 9.47 Å². The smallest absolute Gasteiger partial charge is 0.340 e. The summed E-state index contributed by atoms with van der Waals surface area (Å²) in [6.45, 7) is 0. The summed E-state index contributed by atoms with van der Waals surface area (Å²) in [6.07, 6.45) is 0. The van der Waals surface area contributed by atoms with Crippen LogP contribution in [-0.2, 0) is 141 Å². The van der Waals surface area contributed by atoms with E-state index in [-0.39, 0.29) is 137 Å². The van der Waals surface area contributed by atoms with Gasteiger partial charge >= 0.3 is 5.97 Å².